The van der Waals surface area contributed by atoms with Crippen LogP contribution in [-0.2, 0) is 9.09 Å². The molecule has 0 atom stereocenters. The standard InChI is InChI=1S/C9H19O2P/c1-3-5-7-9(11-12-10)8-6-4-2/h9H,3-8H2,1-2H3. The third-order valence-electron chi connectivity index (χ3n) is 1.95. The predicted octanol–water partition coefficient (Wildman–Crippen LogP) is 3.96. The Morgan fingerprint density at radius 2 is 1.67 bits per heavy atom. The van der Waals surface area contributed by atoms with Crippen LogP contribution in [0.5, 0.6) is 0 Å². The zero-order chi connectivity index (χ0) is 9.23. The van der Waals surface area contributed by atoms with Crippen LogP contribution in [0.4, 0.5) is 0 Å². The molecule has 0 unspecified atom stereocenters. The molecule has 0 aromatic carbocycles. The highest BCUT2D eigenvalue weighted by atomic mass is 31.1. The number of unbranched alkanes of at least 4 members (excludes halogenated alkanes) is 2. The maximum Gasteiger partial charge on any atom is 0.327 e. The molecule has 0 saturated heterocycles. The van der Waals surface area contributed by atoms with Crippen LogP contribution in [0, 0.1) is 0 Å². The summed E-state index contributed by atoms with van der Waals surface area (Å²) in [5.74, 6) is 0. The molecule has 0 radical (unpaired) electrons. The van der Waals surface area contributed by atoms with E-state index in [4.69, 9.17) is 4.52 Å². The molecular weight excluding hydrogens is 171 g/mol. The molecule has 0 rings (SSSR count). The average molecular weight is 190 g/mol. The van der Waals surface area contributed by atoms with Crippen LogP contribution in [0.25, 0.3) is 0 Å². The Bertz CT molecular complexity index is 98.7. The Balaban J connectivity index is 3.46. The minimum absolute atomic E-state index is 0.164. The number of hydrogen-bond acceptors (Lipinski definition) is 2. The summed E-state index contributed by atoms with van der Waals surface area (Å²) < 4.78 is 15.3. The quantitative estimate of drug-likeness (QED) is 0.541. The predicted molar refractivity (Wildman–Crippen MR) is 51.5 cm³/mol. The van der Waals surface area contributed by atoms with Gasteiger partial charge in [0.15, 0.2) is 0 Å². The van der Waals surface area contributed by atoms with Crippen molar-refractivity contribution in [2.24, 2.45) is 0 Å². The minimum atomic E-state index is -0.164. The number of hydrogen-bond donors (Lipinski definition) is 0. The van der Waals surface area contributed by atoms with Gasteiger partial charge in [-0.1, -0.05) is 39.5 Å². The summed E-state index contributed by atoms with van der Waals surface area (Å²) in [4.78, 5) is 0. The van der Waals surface area contributed by atoms with E-state index < -0.39 is 0 Å². The topological polar surface area (TPSA) is 26.3 Å². The van der Waals surface area contributed by atoms with Gasteiger partial charge >= 0.3 is 8.69 Å². The Labute approximate surface area is 77.0 Å². The molecule has 2 nitrogen and oxygen atoms in total. The summed E-state index contributed by atoms with van der Waals surface area (Å²) in [6.45, 7) is 4.32. The van der Waals surface area contributed by atoms with E-state index in [0.717, 1.165) is 12.8 Å². The molecule has 0 heterocycles. The smallest absolute Gasteiger partial charge is 0.291 e. The van der Waals surface area contributed by atoms with Crippen molar-refractivity contribution >= 4 is 8.69 Å². The molecule has 0 spiro atoms. The number of rotatable bonds is 8. The first kappa shape index (κ1) is 12.1. The second kappa shape index (κ2) is 9.15. The molecule has 0 aromatic heterocycles. The second-order valence-corrected chi connectivity index (χ2v) is 3.45. The molecule has 0 aromatic rings. The zero-order valence-electron chi connectivity index (χ0n) is 8.08. The summed E-state index contributed by atoms with van der Waals surface area (Å²) in [6.07, 6.45) is 7.01. The SMILES string of the molecule is CCCCC(CCCC)OP=O. The zero-order valence-corrected chi connectivity index (χ0v) is 8.98. The highest BCUT2D eigenvalue weighted by Gasteiger charge is 2.07. The van der Waals surface area contributed by atoms with Gasteiger partial charge in [-0.25, -0.2) is 4.57 Å². The van der Waals surface area contributed by atoms with Crippen LogP contribution >= 0.6 is 8.69 Å². The van der Waals surface area contributed by atoms with Crippen LogP contribution in [0.3, 0.4) is 0 Å². The summed E-state index contributed by atoms with van der Waals surface area (Å²) >= 11 is 0. The highest BCUT2D eigenvalue weighted by molar-refractivity contribution is 7.17. The van der Waals surface area contributed by atoms with E-state index in [1.165, 1.54) is 25.7 Å². The molecule has 3 heteroatoms. The van der Waals surface area contributed by atoms with Crippen LogP contribution in [-0.4, -0.2) is 6.10 Å². The van der Waals surface area contributed by atoms with E-state index in [1.807, 2.05) is 0 Å². The minimum Gasteiger partial charge on any atom is -0.291 e. The molecule has 12 heavy (non-hydrogen) atoms. The van der Waals surface area contributed by atoms with Crippen molar-refractivity contribution in [3.63, 3.8) is 0 Å². The maximum absolute atomic E-state index is 10.2. The van der Waals surface area contributed by atoms with E-state index in [0.29, 0.717) is 0 Å². The molecule has 0 saturated carbocycles. The van der Waals surface area contributed by atoms with Gasteiger partial charge in [-0.05, 0) is 12.8 Å². The van der Waals surface area contributed by atoms with E-state index >= 15 is 0 Å². The van der Waals surface area contributed by atoms with Gasteiger partial charge < -0.3 is 0 Å². The van der Waals surface area contributed by atoms with Gasteiger partial charge in [0.1, 0.15) is 0 Å². The Morgan fingerprint density at radius 1 is 1.17 bits per heavy atom. The van der Waals surface area contributed by atoms with E-state index in [-0.39, 0.29) is 14.8 Å². The Kier molecular flexibility index (Phi) is 9.20. The molecular formula is C9H19O2P. The Morgan fingerprint density at radius 3 is 2.00 bits per heavy atom. The fourth-order valence-corrected chi connectivity index (χ4v) is 1.51. The van der Waals surface area contributed by atoms with Crippen molar-refractivity contribution in [2.45, 2.75) is 58.5 Å². The van der Waals surface area contributed by atoms with Crippen LogP contribution < -0.4 is 0 Å². The first-order chi connectivity index (χ1) is 5.85. The largest absolute Gasteiger partial charge is 0.327 e. The van der Waals surface area contributed by atoms with Crippen molar-refractivity contribution in [3.8, 4) is 0 Å². The third-order valence-corrected chi connectivity index (χ3v) is 2.34. The van der Waals surface area contributed by atoms with Crippen molar-refractivity contribution in [1.29, 1.82) is 0 Å². The fourth-order valence-electron chi connectivity index (χ4n) is 1.17. The molecule has 0 aliphatic rings. The maximum atomic E-state index is 10.2. The highest BCUT2D eigenvalue weighted by Crippen LogP contribution is 2.16. The van der Waals surface area contributed by atoms with Crippen LogP contribution in [0.15, 0.2) is 0 Å². The summed E-state index contributed by atoms with van der Waals surface area (Å²) in [7, 11) is -0.164. The molecule has 0 aliphatic heterocycles. The van der Waals surface area contributed by atoms with E-state index in [2.05, 4.69) is 13.8 Å². The first-order valence-electron chi connectivity index (χ1n) is 4.83. The molecule has 0 amide bonds. The molecule has 0 fully saturated rings. The van der Waals surface area contributed by atoms with Gasteiger partial charge in [0.2, 0.25) is 0 Å². The lowest BCUT2D eigenvalue weighted by Crippen LogP contribution is -2.07. The van der Waals surface area contributed by atoms with E-state index in [1.54, 1.807) is 0 Å². The summed E-state index contributed by atoms with van der Waals surface area (Å²) in [6, 6.07) is 0. The van der Waals surface area contributed by atoms with Gasteiger partial charge in [0.05, 0.1) is 6.10 Å². The summed E-state index contributed by atoms with van der Waals surface area (Å²) in [5, 5.41) is 0. The lowest BCUT2D eigenvalue weighted by Gasteiger charge is -2.11. The lowest BCUT2D eigenvalue weighted by atomic mass is 10.1. The molecule has 0 aliphatic carbocycles. The first-order valence-corrected chi connectivity index (χ1v) is 5.56. The van der Waals surface area contributed by atoms with Crippen molar-refractivity contribution in [2.75, 3.05) is 0 Å². The summed E-state index contributed by atoms with van der Waals surface area (Å²) in [5.41, 5.74) is 0. The van der Waals surface area contributed by atoms with Gasteiger partial charge in [-0.3, -0.25) is 4.52 Å². The van der Waals surface area contributed by atoms with Gasteiger partial charge in [0, 0.05) is 0 Å². The average Bonchev–Trinajstić information content (AvgIpc) is 2.10. The normalized spacial score (nSPS) is 11.2. The van der Waals surface area contributed by atoms with Gasteiger partial charge in [-0.15, -0.1) is 0 Å². The van der Waals surface area contributed by atoms with Crippen molar-refractivity contribution in [3.05, 3.63) is 0 Å². The van der Waals surface area contributed by atoms with Crippen LogP contribution in [0.1, 0.15) is 52.4 Å². The van der Waals surface area contributed by atoms with Crippen molar-refractivity contribution in [1.82, 2.24) is 0 Å². The molecule has 0 N–H and O–H groups in total. The van der Waals surface area contributed by atoms with Gasteiger partial charge in [-0.2, -0.15) is 0 Å². The second-order valence-electron chi connectivity index (χ2n) is 3.09. The fraction of sp³-hybridized carbons (Fsp3) is 1.00. The van der Waals surface area contributed by atoms with Gasteiger partial charge in [0.25, 0.3) is 0 Å². The molecule has 0 bridgehead atoms. The van der Waals surface area contributed by atoms with Crippen LogP contribution in [0.2, 0.25) is 0 Å². The molecule has 72 valence electrons. The van der Waals surface area contributed by atoms with Crippen molar-refractivity contribution < 1.29 is 9.09 Å². The monoisotopic (exact) mass is 190 g/mol. The third kappa shape index (κ3) is 6.75. The Hall–Kier alpha value is 0.0600. The van der Waals surface area contributed by atoms with E-state index in [9.17, 15) is 4.57 Å². The lowest BCUT2D eigenvalue weighted by molar-refractivity contribution is 0.194.